The van der Waals surface area contributed by atoms with Gasteiger partial charge in [-0.3, -0.25) is 4.79 Å². The van der Waals surface area contributed by atoms with Crippen LogP contribution >= 0.6 is 11.8 Å². The van der Waals surface area contributed by atoms with E-state index in [1.54, 1.807) is 48.3 Å². The molecule has 1 aliphatic rings. The number of halogens is 1. The number of urea groups is 1. The number of hydrogen-bond donors (Lipinski definition) is 1. The summed E-state index contributed by atoms with van der Waals surface area (Å²) in [6, 6.07) is 13.3. The van der Waals surface area contributed by atoms with Crippen LogP contribution < -0.4 is 10.1 Å². The van der Waals surface area contributed by atoms with Crippen LogP contribution in [-0.2, 0) is 4.79 Å². The lowest BCUT2D eigenvalue weighted by molar-refractivity contribution is -0.128. The normalized spacial score (nSPS) is 16.2. The highest BCUT2D eigenvalue weighted by atomic mass is 32.2. The van der Waals surface area contributed by atoms with Crippen LogP contribution in [0.5, 0.6) is 5.75 Å². The molecule has 1 aliphatic heterocycles. The van der Waals surface area contributed by atoms with Crippen molar-refractivity contribution in [2.45, 2.75) is 5.37 Å². The van der Waals surface area contributed by atoms with E-state index >= 15 is 0 Å². The molecular formula is C20H22FN3O3S. The lowest BCUT2D eigenvalue weighted by Gasteiger charge is -2.27. The fourth-order valence-corrected chi connectivity index (χ4v) is 4.19. The molecule has 8 heteroatoms. The third-order valence-corrected chi connectivity index (χ3v) is 5.75. The van der Waals surface area contributed by atoms with Gasteiger partial charge < -0.3 is 19.9 Å². The van der Waals surface area contributed by atoms with Crippen molar-refractivity contribution in [3.8, 4) is 5.75 Å². The summed E-state index contributed by atoms with van der Waals surface area (Å²) in [4.78, 5) is 27.8. The van der Waals surface area contributed by atoms with Gasteiger partial charge in [-0.1, -0.05) is 30.3 Å². The summed E-state index contributed by atoms with van der Waals surface area (Å²) in [5, 5.41) is 2.42. The molecule has 1 saturated heterocycles. The molecule has 2 aromatic rings. The number of rotatable bonds is 6. The molecule has 0 radical (unpaired) electrons. The Bertz CT molecular complexity index is 864. The second-order valence-electron chi connectivity index (χ2n) is 6.32. The molecule has 148 valence electrons. The van der Waals surface area contributed by atoms with Crippen molar-refractivity contribution in [1.29, 1.82) is 0 Å². The zero-order valence-corrected chi connectivity index (χ0v) is 16.5. The third-order valence-electron chi connectivity index (χ3n) is 4.51. The molecule has 1 N–H and O–H groups in total. The summed E-state index contributed by atoms with van der Waals surface area (Å²) in [6.07, 6.45) is 0. The van der Waals surface area contributed by atoms with Crippen molar-refractivity contribution in [1.82, 2.24) is 9.80 Å². The SMILES string of the molecule is COc1ccccc1NC(=O)N(C)CCN1C(=O)CSC1c1ccccc1F. The van der Waals surface area contributed by atoms with E-state index in [2.05, 4.69) is 5.32 Å². The number of likely N-dealkylation sites (N-methyl/N-ethyl adjacent to an activating group) is 1. The standard InChI is InChI=1S/C20H22FN3O3S/c1-23(20(26)22-16-9-5-6-10-17(16)27-2)11-12-24-18(25)13-28-19(24)14-7-3-4-8-15(14)21/h3-10,19H,11-13H2,1-2H3,(H,22,26). The number of nitrogens with zero attached hydrogens (tertiary/aromatic N) is 2. The maximum Gasteiger partial charge on any atom is 0.321 e. The highest BCUT2D eigenvalue weighted by molar-refractivity contribution is 8.00. The predicted molar refractivity (Wildman–Crippen MR) is 108 cm³/mol. The Morgan fingerprint density at radius 3 is 2.75 bits per heavy atom. The van der Waals surface area contributed by atoms with Crippen LogP contribution in [0.25, 0.3) is 0 Å². The van der Waals surface area contributed by atoms with Gasteiger partial charge in [0.2, 0.25) is 5.91 Å². The molecule has 1 unspecified atom stereocenters. The van der Waals surface area contributed by atoms with E-state index in [0.29, 0.717) is 35.8 Å². The molecule has 0 aliphatic carbocycles. The highest BCUT2D eigenvalue weighted by Crippen LogP contribution is 2.39. The Balaban J connectivity index is 1.62. The van der Waals surface area contributed by atoms with Crippen LogP contribution in [0, 0.1) is 5.82 Å². The van der Waals surface area contributed by atoms with Crippen molar-refractivity contribution in [2.75, 3.05) is 38.3 Å². The largest absolute Gasteiger partial charge is 0.495 e. The van der Waals surface area contributed by atoms with Crippen LogP contribution in [0.3, 0.4) is 0 Å². The van der Waals surface area contributed by atoms with E-state index in [1.165, 1.54) is 29.8 Å². The van der Waals surface area contributed by atoms with Crippen LogP contribution in [0.15, 0.2) is 48.5 Å². The van der Waals surface area contributed by atoms with E-state index in [4.69, 9.17) is 4.74 Å². The average molecular weight is 403 g/mol. The van der Waals surface area contributed by atoms with Gasteiger partial charge in [0, 0.05) is 25.7 Å². The van der Waals surface area contributed by atoms with Crippen molar-refractivity contribution < 1.29 is 18.7 Å². The van der Waals surface area contributed by atoms with Gasteiger partial charge in [-0.2, -0.15) is 0 Å². The zero-order chi connectivity index (χ0) is 20.1. The Morgan fingerprint density at radius 2 is 2.00 bits per heavy atom. The number of hydrogen-bond acceptors (Lipinski definition) is 4. The van der Waals surface area contributed by atoms with E-state index in [0.717, 1.165) is 0 Å². The van der Waals surface area contributed by atoms with Crippen LogP contribution in [0.4, 0.5) is 14.9 Å². The molecule has 6 nitrogen and oxygen atoms in total. The number of carbonyl (C=O) groups excluding carboxylic acids is 2. The van der Waals surface area contributed by atoms with Gasteiger partial charge in [0.1, 0.15) is 16.9 Å². The summed E-state index contributed by atoms with van der Waals surface area (Å²) in [6.45, 7) is 0.638. The van der Waals surface area contributed by atoms with E-state index in [1.807, 2.05) is 6.07 Å². The minimum atomic E-state index is -0.376. The first-order valence-corrected chi connectivity index (χ1v) is 9.86. The lowest BCUT2D eigenvalue weighted by atomic mass is 10.2. The number of methoxy groups -OCH3 is 1. The molecule has 1 heterocycles. The summed E-state index contributed by atoms with van der Waals surface area (Å²) < 4.78 is 19.4. The lowest BCUT2D eigenvalue weighted by Crippen LogP contribution is -2.40. The monoisotopic (exact) mass is 403 g/mol. The first-order chi connectivity index (χ1) is 13.5. The van der Waals surface area contributed by atoms with Crippen LogP contribution in [0.1, 0.15) is 10.9 Å². The van der Waals surface area contributed by atoms with Gasteiger partial charge >= 0.3 is 6.03 Å². The maximum atomic E-state index is 14.1. The Kier molecular flexibility index (Phi) is 6.41. The second kappa shape index (κ2) is 8.97. The zero-order valence-electron chi connectivity index (χ0n) is 15.7. The fraction of sp³-hybridized carbons (Fsp3) is 0.300. The Hall–Kier alpha value is -2.74. The number of carbonyl (C=O) groups is 2. The van der Waals surface area contributed by atoms with E-state index < -0.39 is 0 Å². The number of nitrogens with one attached hydrogen (secondary N) is 1. The van der Waals surface area contributed by atoms with E-state index in [9.17, 15) is 14.0 Å². The summed E-state index contributed by atoms with van der Waals surface area (Å²) in [5.74, 6) is 0.476. The van der Waals surface area contributed by atoms with Gasteiger partial charge in [0.05, 0.1) is 18.6 Å². The molecule has 1 fully saturated rings. The maximum absolute atomic E-state index is 14.1. The Morgan fingerprint density at radius 1 is 1.29 bits per heavy atom. The van der Waals surface area contributed by atoms with Crippen LogP contribution in [0.2, 0.25) is 0 Å². The number of ether oxygens (including phenoxy) is 1. The molecule has 0 aromatic heterocycles. The minimum Gasteiger partial charge on any atom is -0.495 e. The molecule has 0 spiro atoms. The minimum absolute atomic E-state index is 0.0585. The summed E-state index contributed by atoms with van der Waals surface area (Å²) in [5.41, 5.74) is 1.05. The molecular weight excluding hydrogens is 381 g/mol. The van der Waals surface area contributed by atoms with Gasteiger partial charge in [0.25, 0.3) is 0 Å². The number of anilines is 1. The van der Waals surface area contributed by atoms with Crippen LogP contribution in [-0.4, -0.2) is 54.7 Å². The molecule has 2 aromatic carbocycles. The van der Waals surface area contributed by atoms with Gasteiger partial charge in [-0.05, 0) is 18.2 Å². The first-order valence-electron chi connectivity index (χ1n) is 8.82. The highest BCUT2D eigenvalue weighted by Gasteiger charge is 2.34. The van der Waals surface area contributed by atoms with Gasteiger partial charge in [-0.25, -0.2) is 9.18 Å². The number of amides is 3. The Labute approximate surface area is 167 Å². The fourth-order valence-electron chi connectivity index (χ4n) is 2.95. The molecule has 3 rings (SSSR count). The van der Waals surface area contributed by atoms with E-state index in [-0.39, 0.29) is 23.1 Å². The molecule has 3 amide bonds. The first kappa shape index (κ1) is 20.0. The van der Waals surface area contributed by atoms with Crippen molar-refractivity contribution in [2.24, 2.45) is 0 Å². The van der Waals surface area contributed by atoms with Crippen molar-refractivity contribution >= 4 is 29.4 Å². The molecule has 1 atom stereocenters. The molecule has 0 bridgehead atoms. The van der Waals surface area contributed by atoms with Crippen molar-refractivity contribution in [3.05, 3.63) is 59.9 Å². The predicted octanol–water partition coefficient (Wildman–Crippen LogP) is 3.57. The topological polar surface area (TPSA) is 61.9 Å². The smallest absolute Gasteiger partial charge is 0.321 e. The van der Waals surface area contributed by atoms with Crippen molar-refractivity contribution in [3.63, 3.8) is 0 Å². The summed E-state index contributed by atoms with van der Waals surface area (Å²) >= 11 is 1.39. The quantitative estimate of drug-likeness (QED) is 0.801. The molecule has 0 saturated carbocycles. The van der Waals surface area contributed by atoms with Gasteiger partial charge in [0.15, 0.2) is 0 Å². The third kappa shape index (κ3) is 4.39. The summed E-state index contributed by atoms with van der Waals surface area (Å²) in [7, 11) is 3.19. The second-order valence-corrected chi connectivity index (χ2v) is 7.39. The number of thioether (sulfide) groups is 1. The number of benzene rings is 2. The molecule has 28 heavy (non-hydrogen) atoms. The van der Waals surface area contributed by atoms with Gasteiger partial charge in [-0.15, -0.1) is 11.8 Å². The number of para-hydroxylation sites is 2. The average Bonchev–Trinajstić information content (AvgIpc) is 3.07.